The minimum Gasteiger partial charge on any atom is -0.407 e. The van der Waals surface area contributed by atoms with E-state index in [1.807, 2.05) is 12.1 Å². The molecule has 1 amide bonds. The van der Waals surface area contributed by atoms with Gasteiger partial charge in [0.15, 0.2) is 6.29 Å². The van der Waals surface area contributed by atoms with Gasteiger partial charge in [0, 0.05) is 30.3 Å². The van der Waals surface area contributed by atoms with Crippen LogP contribution in [0, 0.1) is 5.92 Å². The van der Waals surface area contributed by atoms with Gasteiger partial charge in [0.25, 0.3) is 8.32 Å². The topological polar surface area (TPSA) is 96.0 Å². The Labute approximate surface area is 307 Å². The molecule has 5 atom stereocenters. The van der Waals surface area contributed by atoms with Crippen molar-refractivity contribution in [2.24, 2.45) is 5.92 Å². The second-order valence-electron chi connectivity index (χ2n) is 15.3. The molecule has 8 nitrogen and oxygen atoms in total. The van der Waals surface area contributed by atoms with Crippen LogP contribution in [0.3, 0.4) is 0 Å². The van der Waals surface area contributed by atoms with Crippen molar-refractivity contribution in [2.75, 3.05) is 13.2 Å². The molecule has 0 aliphatic carbocycles. The molecule has 7 rings (SSSR count). The number of fused-ring (bicyclic) bond motifs is 3. The van der Waals surface area contributed by atoms with Crippen LogP contribution in [0.4, 0.5) is 0 Å². The first-order valence-electron chi connectivity index (χ1n) is 17.9. The highest BCUT2D eigenvalue weighted by atomic mass is 35.5. The van der Waals surface area contributed by atoms with E-state index in [9.17, 15) is 18.0 Å². The summed E-state index contributed by atoms with van der Waals surface area (Å²) in [6.07, 6.45) is 3.84. The van der Waals surface area contributed by atoms with Crippen LogP contribution >= 0.6 is 11.6 Å². The largest absolute Gasteiger partial charge is 0.407 e. The number of rotatable bonds is 11. The summed E-state index contributed by atoms with van der Waals surface area (Å²) in [5, 5.41) is 4.44. The highest BCUT2D eigenvalue weighted by molar-refractivity contribution is 7.89. The molecular weight excluding hydrogens is 698 g/mol. The summed E-state index contributed by atoms with van der Waals surface area (Å²) in [6.45, 7) is 7.79. The molecule has 0 spiro atoms. The standard InChI is InChI=1S/C40H46ClN3O5SSi/c1-40(2,3)51(34-11-6-4-7-12-34,35-13-8-5-9-14-35)49-27-30-24-32-19-21-37(30)44(32)38(26-45)43-22-10-15-36(39(43)46)42-50(47,48)33-20-17-28-23-31(41)18-16-29(28)25-33/h4-9,11-14,16-18,20,23,25-26,30,32,36-38,42H,10,15,19,21-22,24,27H2,1-3H3/t30-,32+,36?,37-,38-/m1/s1. The van der Waals surface area contributed by atoms with Crippen LogP contribution in [-0.4, -0.2) is 76.2 Å². The molecule has 2 bridgehead atoms. The molecule has 11 heteroatoms. The lowest BCUT2D eigenvalue weighted by molar-refractivity contribution is -0.147. The van der Waals surface area contributed by atoms with Gasteiger partial charge < -0.3 is 9.33 Å². The average Bonchev–Trinajstić information content (AvgIpc) is 3.68. The van der Waals surface area contributed by atoms with E-state index in [1.54, 1.807) is 35.2 Å². The summed E-state index contributed by atoms with van der Waals surface area (Å²) in [5.74, 6) is -0.161. The van der Waals surface area contributed by atoms with Gasteiger partial charge in [-0.3, -0.25) is 14.5 Å². The lowest BCUT2D eigenvalue weighted by Gasteiger charge is -2.44. The van der Waals surface area contributed by atoms with Gasteiger partial charge in [-0.1, -0.05) is 105 Å². The van der Waals surface area contributed by atoms with E-state index in [4.69, 9.17) is 16.0 Å². The third-order valence-electron chi connectivity index (χ3n) is 11.3. The highest BCUT2D eigenvalue weighted by Gasteiger charge is 2.54. The van der Waals surface area contributed by atoms with E-state index in [1.165, 1.54) is 16.4 Å². The number of amides is 1. The van der Waals surface area contributed by atoms with Gasteiger partial charge in [0.1, 0.15) is 12.2 Å². The minimum absolute atomic E-state index is 0.0792. The Balaban J connectivity index is 1.09. The van der Waals surface area contributed by atoms with E-state index < -0.39 is 30.5 Å². The zero-order valence-electron chi connectivity index (χ0n) is 29.4. The smallest absolute Gasteiger partial charge is 0.261 e. The van der Waals surface area contributed by atoms with Crippen molar-refractivity contribution >= 4 is 63.3 Å². The van der Waals surface area contributed by atoms with Gasteiger partial charge in [-0.25, -0.2) is 8.42 Å². The van der Waals surface area contributed by atoms with Crippen molar-refractivity contribution in [3.8, 4) is 0 Å². The van der Waals surface area contributed by atoms with E-state index in [0.29, 0.717) is 31.0 Å². The molecule has 1 N–H and O–H groups in total. The number of carbonyl (C=O) groups is 2. The molecule has 3 aliphatic rings. The predicted octanol–water partition coefficient (Wildman–Crippen LogP) is 5.72. The number of sulfonamides is 1. The number of nitrogens with zero attached hydrogens (tertiary/aromatic N) is 2. The number of aldehydes is 1. The summed E-state index contributed by atoms with van der Waals surface area (Å²) in [5.41, 5.74) is 0. The Morgan fingerprint density at radius 2 is 1.57 bits per heavy atom. The van der Waals surface area contributed by atoms with Crippen molar-refractivity contribution in [3.05, 3.63) is 102 Å². The molecule has 268 valence electrons. The number of likely N-dealkylation sites (tertiary alicyclic amines) is 1. The summed E-state index contributed by atoms with van der Waals surface area (Å²) in [7, 11) is -6.76. The Morgan fingerprint density at radius 3 is 2.22 bits per heavy atom. The molecule has 4 aromatic rings. The van der Waals surface area contributed by atoms with Crippen molar-refractivity contribution in [3.63, 3.8) is 0 Å². The van der Waals surface area contributed by atoms with Crippen LogP contribution < -0.4 is 15.1 Å². The number of piperidine rings is 1. The summed E-state index contributed by atoms with van der Waals surface area (Å²) in [4.78, 5) is 30.9. The Kier molecular flexibility index (Phi) is 10.0. The molecule has 3 heterocycles. The average molecular weight is 744 g/mol. The van der Waals surface area contributed by atoms with E-state index in [0.717, 1.165) is 36.3 Å². The number of carbonyl (C=O) groups excluding carboxylic acids is 2. The minimum atomic E-state index is -4.01. The quantitative estimate of drug-likeness (QED) is 0.156. The lowest BCUT2D eigenvalue weighted by Crippen LogP contribution is -2.67. The molecule has 0 aromatic heterocycles. The van der Waals surface area contributed by atoms with Crippen molar-refractivity contribution in [1.29, 1.82) is 0 Å². The van der Waals surface area contributed by atoms with Gasteiger partial charge in [-0.2, -0.15) is 4.72 Å². The van der Waals surface area contributed by atoms with Gasteiger partial charge in [0.2, 0.25) is 15.9 Å². The van der Waals surface area contributed by atoms with Crippen molar-refractivity contribution < 1.29 is 22.4 Å². The Morgan fingerprint density at radius 1 is 0.922 bits per heavy atom. The monoisotopic (exact) mass is 743 g/mol. The molecular formula is C40H46ClN3O5SSi. The molecule has 4 aromatic carbocycles. The fourth-order valence-corrected chi connectivity index (χ4v) is 15.0. The number of benzene rings is 4. The molecule has 0 radical (unpaired) electrons. The maximum Gasteiger partial charge on any atom is 0.261 e. The molecule has 3 aliphatic heterocycles. The van der Waals surface area contributed by atoms with Crippen LogP contribution in [0.15, 0.2) is 102 Å². The molecule has 3 fully saturated rings. The molecule has 51 heavy (non-hydrogen) atoms. The number of halogens is 1. The third-order valence-corrected chi connectivity index (χ3v) is 18.0. The predicted molar refractivity (Wildman–Crippen MR) is 204 cm³/mol. The summed E-state index contributed by atoms with van der Waals surface area (Å²) < 4.78 is 37.1. The van der Waals surface area contributed by atoms with Gasteiger partial charge >= 0.3 is 0 Å². The SMILES string of the molecule is CC(C)(C)[Si](OC[C@H]1C[C@@H]2CC[C@H]1N2[C@H](C=O)N1CCCC(NS(=O)(=O)c2ccc3cc(Cl)ccc3c2)C1=O)(c1ccccc1)c1ccccc1. The number of nitrogens with one attached hydrogen (secondary N) is 1. The maximum absolute atomic E-state index is 14.0. The first kappa shape index (κ1) is 36.0. The fraction of sp³-hybridized carbons (Fsp3) is 0.400. The van der Waals surface area contributed by atoms with E-state index in [-0.39, 0.29) is 33.8 Å². The molecule has 0 saturated carbocycles. The fourth-order valence-electron chi connectivity index (χ4n) is 8.94. The van der Waals surface area contributed by atoms with Crippen molar-refractivity contribution in [1.82, 2.24) is 14.5 Å². The van der Waals surface area contributed by atoms with Gasteiger partial charge in [-0.05, 0) is 88.5 Å². The summed E-state index contributed by atoms with van der Waals surface area (Å²) in [6, 6.07) is 30.6. The second-order valence-corrected chi connectivity index (χ2v) is 21.7. The third kappa shape index (κ3) is 6.71. The van der Waals surface area contributed by atoms with Crippen LogP contribution in [0.2, 0.25) is 10.1 Å². The molecule has 1 unspecified atom stereocenters. The second kappa shape index (κ2) is 14.2. The number of hydrogen-bond acceptors (Lipinski definition) is 6. The zero-order chi connectivity index (χ0) is 36.0. The van der Waals surface area contributed by atoms with E-state index in [2.05, 4.69) is 78.9 Å². The van der Waals surface area contributed by atoms with E-state index >= 15 is 0 Å². The van der Waals surface area contributed by atoms with Crippen LogP contribution in [-0.2, 0) is 24.0 Å². The van der Waals surface area contributed by atoms with Crippen LogP contribution in [0.1, 0.15) is 52.9 Å². The maximum atomic E-state index is 14.0. The number of hydrogen-bond donors (Lipinski definition) is 1. The summed E-state index contributed by atoms with van der Waals surface area (Å²) >= 11 is 6.11. The molecule has 3 saturated heterocycles. The Hall–Kier alpha value is -3.38. The normalized spacial score (nSPS) is 23.5. The van der Waals surface area contributed by atoms with Crippen LogP contribution in [0.25, 0.3) is 10.8 Å². The first-order valence-corrected chi connectivity index (χ1v) is 21.7. The zero-order valence-corrected chi connectivity index (χ0v) is 31.9. The first-order chi connectivity index (χ1) is 24.4. The highest BCUT2D eigenvalue weighted by Crippen LogP contribution is 2.45. The van der Waals surface area contributed by atoms with Gasteiger partial charge in [0.05, 0.1) is 4.90 Å². The van der Waals surface area contributed by atoms with Crippen molar-refractivity contribution in [2.45, 2.75) is 87.1 Å². The Bertz CT molecular complexity index is 1970. The van der Waals surface area contributed by atoms with Crippen LogP contribution in [0.5, 0.6) is 0 Å². The lowest BCUT2D eigenvalue weighted by atomic mass is 9.90. The van der Waals surface area contributed by atoms with Gasteiger partial charge in [-0.15, -0.1) is 0 Å².